The summed E-state index contributed by atoms with van der Waals surface area (Å²) >= 11 is 0. The Bertz CT molecular complexity index is 408. The summed E-state index contributed by atoms with van der Waals surface area (Å²) in [6.07, 6.45) is 1.65. The van der Waals surface area contributed by atoms with Gasteiger partial charge >= 0.3 is 16.4 Å². The number of rotatable bonds is 3. The number of nitrogens with one attached hydrogen (secondary N) is 1. The van der Waals surface area contributed by atoms with Crippen LogP contribution < -0.4 is 5.32 Å². The molecule has 2 aliphatic rings. The molecule has 1 aliphatic heterocycles. The summed E-state index contributed by atoms with van der Waals surface area (Å²) in [4.78, 5) is 10.8. The number of carboxylic acids is 1. The van der Waals surface area contributed by atoms with E-state index < -0.39 is 28.5 Å². The highest BCUT2D eigenvalue weighted by molar-refractivity contribution is 7.80. The van der Waals surface area contributed by atoms with Gasteiger partial charge in [-0.15, -0.1) is 0 Å². The lowest BCUT2D eigenvalue weighted by atomic mass is 9.83. The third-order valence-corrected chi connectivity index (χ3v) is 3.97. The quantitative estimate of drug-likeness (QED) is 0.605. The summed E-state index contributed by atoms with van der Waals surface area (Å²) in [6.45, 7) is 0. The smallest absolute Gasteiger partial charge is 0.397 e. The van der Waals surface area contributed by atoms with Crippen LogP contribution in [0.4, 0.5) is 0 Å². The zero-order chi connectivity index (χ0) is 12.6. The Morgan fingerprint density at radius 3 is 2.59 bits per heavy atom. The first-order valence-electron chi connectivity index (χ1n) is 5.49. The van der Waals surface area contributed by atoms with E-state index in [-0.39, 0.29) is 12.0 Å². The zero-order valence-electron chi connectivity index (χ0n) is 9.07. The van der Waals surface area contributed by atoms with Gasteiger partial charge < -0.3 is 10.4 Å². The van der Waals surface area contributed by atoms with E-state index in [2.05, 4.69) is 9.50 Å². The molecule has 3 N–H and O–H groups in total. The predicted molar refractivity (Wildman–Crippen MR) is 56.7 cm³/mol. The monoisotopic (exact) mass is 265 g/mol. The van der Waals surface area contributed by atoms with Crippen molar-refractivity contribution >= 4 is 16.4 Å². The highest BCUT2D eigenvalue weighted by atomic mass is 32.3. The highest BCUT2D eigenvalue weighted by Crippen LogP contribution is 2.35. The van der Waals surface area contributed by atoms with Gasteiger partial charge in [0.1, 0.15) is 6.04 Å². The van der Waals surface area contributed by atoms with Gasteiger partial charge in [0, 0.05) is 6.04 Å². The molecule has 2 fully saturated rings. The van der Waals surface area contributed by atoms with Crippen molar-refractivity contribution in [1.29, 1.82) is 0 Å². The minimum Gasteiger partial charge on any atom is -0.480 e. The van der Waals surface area contributed by atoms with Crippen molar-refractivity contribution in [2.24, 2.45) is 5.92 Å². The molecular formula is C9H15NO6S. The Morgan fingerprint density at radius 1 is 1.29 bits per heavy atom. The van der Waals surface area contributed by atoms with Gasteiger partial charge in [-0.3, -0.25) is 9.35 Å². The summed E-state index contributed by atoms with van der Waals surface area (Å²) in [5.74, 6) is -0.635. The van der Waals surface area contributed by atoms with Gasteiger partial charge in [0.05, 0.1) is 6.10 Å². The van der Waals surface area contributed by atoms with Crippen LogP contribution in [0.25, 0.3) is 0 Å². The molecule has 0 spiro atoms. The molecule has 1 saturated carbocycles. The van der Waals surface area contributed by atoms with Crippen molar-refractivity contribution in [3.8, 4) is 0 Å². The minimum atomic E-state index is -4.43. The molecule has 1 aliphatic carbocycles. The van der Waals surface area contributed by atoms with E-state index in [4.69, 9.17) is 9.66 Å². The molecule has 0 amide bonds. The highest BCUT2D eigenvalue weighted by Gasteiger charge is 2.41. The molecule has 8 heteroatoms. The van der Waals surface area contributed by atoms with Crippen LogP contribution in [0.1, 0.15) is 25.7 Å². The van der Waals surface area contributed by atoms with Gasteiger partial charge in [-0.25, -0.2) is 4.18 Å². The van der Waals surface area contributed by atoms with Crippen LogP contribution in [0.3, 0.4) is 0 Å². The SMILES string of the molecule is O=C(O)[C@@H]1C[C@@H]2CC[C@@H](OS(=O)(=O)O)C[C@@H]2N1. The van der Waals surface area contributed by atoms with E-state index in [9.17, 15) is 13.2 Å². The van der Waals surface area contributed by atoms with Gasteiger partial charge in [-0.05, 0) is 31.6 Å². The van der Waals surface area contributed by atoms with Crippen molar-refractivity contribution in [2.45, 2.75) is 43.9 Å². The summed E-state index contributed by atoms with van der Waals surface area (Å²) in [6, 6.07) is -0.605. The fourth-order valence-corrected chi connectivity index (χ4v) is 3.26. The molecule has 2 rings (SSSR count). The Balaban J connectivity index is 1.94. The maximum absolute atomic E-state index is 10.8. The molecule has 0 unspecified atom stereocenters. The molecule has 0 radical (unpaired) electrons. The van der Waals surface area contributed by atoms with Crippen LogP contribution in [-0.2, 0) is 19.4 Å². The molecule has 0 bridgehead atoms. The molecule has 4 atom stereocenters. The fourth-order valence-electron chi connectivity index (χ4n) is 2.74. The Labute approximate surface area is 99.1 Å². The summed E-state index contributed by atoms with van der Waals surface area (Å²) in [7, 11) is -4.43. The maximum atomic E-state index is 10.8. The second kappa shape index (κ2) is 4.52. The molecule has 0 aromatic carbocycles. The summed E-state index contributed by atoms with van der Waals surface area (Å²) < 4.78 is 34.3. The van der Waals surface area contributed by atoms with Crippen LogP contribution in [0.15, 0.2) is 0 Å². The Kier molecular flexibility index (Phi) is 3.39. The topological polar surface area (TPSA) is 113 Å². The maximum Gasteiger partial charge on any atom is 0.397 e. The van der Waals surface area contributed by atoms with Gasteiger partial charge in [-0.2, -0.15) is 8.42 Å². The molecular weight excluding hydrogens is 250 g/mol. The van der Waals surface area contributed by atoms with Crippen LogP contribution in [0.2, 0.25) is 0 Å². The van der Waals surface area contributed by atoms with E-state index in [1.54, 1.807) is 0 Å². The Hall–Kier alpha value is -0.700. The molecule has 98 valence electrons. The van der Waals surface area contributed by atoms with Gasteiger partial charge in [0.25, 0.3) is 0 Å². The van der Waals surface area contributed by atoms with Crippen LogP contribution in [0.5, 0.6) is 0 Å². The normalized spacial score (nSPS) is 37.7. The first-order valence-corrected chi connectivity index (χ1v) is 6.86. The van der Waals surface area contributed by atoms with Crippen molar-refractivity contribution in [1.82, 2.24) is 5.32 Å². The van der Waals surface area contributed by atoms with E-state index in [0.29, 0.717) is 25.7 Å². The van der Waals surface area contributed by atoms with Crippen molar-refractivity contribution in [3.63, 3.8) is 0 Å². The van der Waals surface area contributed by atoms with Gasteiger partial charge in [0.2, 0.25) is 0 Å². The third kappa shape index (κ3) is 3.15. The number of hydrogen-bond donors (Lipinski definition) is 3. The summed E-state index contributed by atoms with van der Waals surface area (Å²) in [5, 5.41) is 11.8. The lowest BCUT2D eigenvalue weighted by Crippen LogP contribution is -2.41. The first-order chi connectivity index (χ1) is 7.85. The average Bonchev–Trinajstić information content (AvgIpc) is 2.57. The van der Waals surface area contributed by atoms with Crippen molar-refractivity contribution < 1.29 is 27.1 Å². The molecule has 0 aromatic heterocycles. The lowest BCUT2D eigenvalue weighted by Gasteiger charge is -2.30. The van der Waals surface area contributed by atoms with E-state index >= 15 is 0 Å². The third-order valence-electron chi connectivity index (χ3n) is 3.45. The number of hydrogen-bond acceptors (Lipinski definition) is 5. The number of aliphatic carboxylic acids is 1. The van der Waals surface area contributed by atoms with Crippen molar-refractivity contribution in [3.05, 3.63) is 0 Å². The van der Waals surface area contributed by atoms with Crippen LogP contribution in [-0.4, -0.2) is 42.2 Å². The molecule has 0 aromatic rings. The largest absolute Gasteiger partial charge is 0.480 e. The molecule has 1 saturated heterocycles. The van der Waals surface area contributed by atoms with Crippen LogP contribution in [0, 0.1) is 5.92 Å². The van der Waals surface area contributed by atoms with Crippen LogP contribution >= 0.6 is 0 Å². The fraction of sp³-hybridized carbons (Fsp3) is 0.889. The zero-order valence-corrected chi connectivity index (χ0v) is 9.89. The summed E-state index contributed by atoms with van der Waals surface area (Å²) in [5.41, 5.74) is 0. The van der Waals surface area contributed by atoms with E-state index in [1.807, 2.05) is 0 Å². The van der Waals surface area contributed by atoms with Gasteiger partial charge in [0.15, 0.2) is 0 Å². The second-order valence-electron chi connectivity index (χ2n) is 4.62. The molecule has 17 heavy (non-hydrogen) atoms. The second-order valence-corrected chi connectivity index (χ2v) is 5.67. The predicted octanol–water partition coefficient (Wildman–Crippen LogP) is -0.210. The number of carboxylic acid groups (broad SMARTS) is 1. The lowest BCUT2D eigenvalue weighted by molar-refractivity contribution is -0.139. The van der Waals surface area contributed by atoms with E-state index in [0.717, 1.165) is 0 Å². The number of carbonyl (C=O) groups is 1. The molecule has 7 nitrogen and oxygen atoms in total. The number of fused-ring (bicyclic) bond motifs is 1. The standard InChI is InChI=1S/C9H15NO6S/c11-9(12)8-3-5-1-2-6(4-7(5)10-8)16-17(13,14)15/h5-8,10H,1-4H2,(H,11,12)(H,13,14,15)/t5-,6+,7-,8-/m0/s1. The molecule has 1 heterocycles. The Morgan fingerprint density at radius 2 is 2.00 bits per heavy atom. The minimum absolute atomic E-state index is 0.0448. The van der Waals surface area contributed by atoms with Crippen molar-refractivity contribution in [2.75, 3.05) is 0 Å². The average molecular weight is 265 g/mol. The first kappa shape index (κ1) is 12.7. The van der Waals surface area contributed by atoms with Gasteiger partial charge in [-0.1, -0.05) is 0 Å². The van der Waals surface area contributed by atoms with E-state index in [1.165, 1.54) is 0 Å².